The lowest BCUT2D eigenvalue weighted by Crippen LogP contribution is -2.56. The zero-order valence-electron chi connectivity index (χ0n) is 7.71. The highest BCUT2D eigenvalue weighted by Crippen LogP contribution is 2.00. The van der Waals surface area contributed by atoms with Gasteiger partial charge in [-0.05, 0) is 25.8 Å². The fourth-order valence-electron chi connectivity index (χ4n) is 0.867. The first-order valence-electron chi connectivity index (χ1n) is 4.44. The first kappa shape index (κ1) is 11.8. The quantitative estimate of drug-likeness (QED) is 0.309. The normalized spacial score (nSPS) is 16.0. The van der Waals surface area contributed by atoms with E-state index >= 15 is 0 Å². The van der Waals surface area contributed by atoms with E-state index in [-0.39, 0.29) is 13.2 Å². The maximum Gasteiger partial charge on any atom is 0.0896 e. The van der Waals surface area contributed by atoms with Gasteiger partial charge in [0.25, 0.3) is 0 Å². The van der Waals surface area contributed by atoms with Crippen LogP contribution in [-0.4, -0.2) is 35.6 Å². The topological polar surface area (TPSA) is 78.5 Å². The highest BCUT2D eigenvalue weighted by atomic mass is 16.3. The van der Waals surface area contributed by atoms with Crippen molar-refractivity contribution in [2.45, 2.75) is 31.8 Å². The van der Waals surface area contributed by atoms with Crippen molar-refractivity contribution in [3.63, 3.8) is 0 Å². The van der Waals surface area contributed by atoms with Crippen molar-refractivity contribution in [2.24, 2.45) is 5.73 Å². The van der Waals surface area contributed by atoms with Crippen LogP contribution in [0, 0.1) is 0 Å². The third-order valence-corrected chi connectivity index (χ3v) is 1.98. The number of nitrogens with two attached hydrogens (primary N) is 1. The Morgan fingerprint density at radius 1 is 1.33 bits per heavy atom. The van der Waals surface area contributed by atoms with Gasteiger partial charge in [0.05, 0.1) is 12.3 Å². The highest BCUT2D eigenvalue weighted by Gasteiger charge is 2.19. The van der Waals surface area contributed by atoms with Gasteiger partial charge in [0, 0.05) is 6.61 Å². The van der Waals surface area contributed by atoms with Gasteiger partial charge >= 0.3 is 0 Å². The molecule has 4 heteroatoms. The van der Waals surface area contributed by atoms with E-state index in [1.54, 1.807) is 0 Å². The average molecular weight is 176 g/mol. The lowest BCUT2D eigenvalue weighted by atomic mass is 10.1. The van der Waals surface area contributed by atoms with Gasteiger partial charge in [-0.15, -0.1) is 0 Å². The molecule has 0 spiro atoms. The van der Waals surface area contributed by atoms with Gasteiger partial charge in [-0.1, -0.05) is 6.92 Å². The number of rotatable bonds is 7. The molecule has 0 radical (unpaired) electrons. The molecule has 0 aliphatic carbocycles. The molecule has 1 unspecified atom stereocenters. The molecule has 0 saturated carbocycles. The van der Waals surface area contributed by atoms with E-state index in [0.717, 1.165) is 19.4 Å². The van der Waals surface area contributed by atoms with Crippen LogP contribution in [-0.2, 0) is 0 Å². The van der Waals surface area contributed by atoms with Crippen molar-refractivity contribution < 1.29 is 10.2 Å². The molecule has 0 aromatic carbocycles. The van der Waals surface area contributed by atoms with Crippen molar-refractivity contribution in [3.8, 4) is 0 Å². The fraction of sp³-hybridized carbons (Fsp3) is 1.00. The van der Waals surface area contributed by atoms with Crippen LogP contribution in [0.3, 0.4) is 0 Å². The van der Waals surface area contributed by atoms with Gasteiger partial charge in [0.2, 0.25) is 0 Å². The molecule has 0 aliphatic heterocycles. The number of aliphatic hydroxyl groups is 2. The Kier molecular flexibility index (Phi) is 6.28. The molecular weight excluding hydrogens is 156 g/mol. The average Bonchev–Trinajstić information content (AvgIpc) is 2.12. The van der Waals surface area contributed by atoms with Crippen molar-refractivity contribution in [1.82, 2.24) is 5.32 Å². The van der Waals surface area contributed by atoms with E-state index in [9.17, 15) is 0 Å². The fourth-order valence-corrected chi connectivity index (χ4v) is 0.867. The molecule has 0 rings (SSSR count). The summed E-state index contributed by atoms with van der Waals surface area (Å²) in [6.45, 7) is 2.83. The van der Waals surface area contributed by atoms with Gasteiger partial charge in [-0.2, -0.15) is 0 Å². The first-order chi connectivity index (χ1) is 5.68. The van der Waals surface area contributed by atoms with Crippen LogP contribution < -0.4 is 11.1 Å². The zero-order chi connectivity index (χ0) is 9.45. The van der Waals surface area contributed by atoms with Crippen molar-refractivity contribution in [2.75, 3.05) is 19.8 Å². The Balaban J connectivity index is 3.45. The minimum Gasteiger partial charge on any atom is -0.396 e. The van der Waals surface area contributed by atoms with E-state index in [0.29, 0.717) is 6.42 Å². The van der Waals surface area contributed by atoms with Crippen LogP contribution in [0.4, 0.5) is 0 Å². The second kappa shape index (κ2) is 6.37. The summed E-state index contributed by atoms with van der Waals surface area (Å²) in [6, 6.07) is 0. The number of unbranched alkanes of at least 4 members (excludes halogenated alkanes) is 1. The largest absolute Gasteiger partial charge is 0.396 e. The molecule has 0 saturated heterocycles. The second-order valence-corrected chi connectivity index (χ2v) is 3.03. The molecule has 0 fully saturated rings. The van der Waals surface area contributed by atoms with Crippen LogP contribution in [0.2, 0.25) is 0 Å². The van der Waals surface area contributed by atoms with Gasteiger partial charge in [0.1, 0.15) is 0 Å². The monoisotopic (exact) mass is 176 g/mol. The van der Waals surface area contributed by atoms with Crippen LogP contribution in [0.15, 0.2) is 0 Å². The van der Waals surface area contributed by atoms with Gasteiger partial charge in [-0.25, -0.2) is 0 Å². The molecule has 0 aromatic heterocycles. The first-order valence-corrected chi connectivity index (χ1v) is 4.44. The molecule has 0 aliphatic rings. The van der Waals surface area contributed by atoms with Crippen LogP contribution in [0.25, 0.3) is 0 Å². The number of hydrogen-bond acceptors (Lipinski definition) is 4. The summed E-state index contributed by atoms with van der Waals surface area (Å²) in [5.41, 5.74) is 5.11. The summed E-state index contributed by atoms with van der Waals surface area (Å²) in [7, 11) is 0. The third-order valence-electron chi connectivity index (χ3n) is 1.98. The van der Waals surface area contributed by atoms with Gasteiger partial charge < -0.3 is 15.9 Å². The molecule has 4 nitrogen and oxygen atoms in total. The Morgan fingerprint density at radius 2 is 2.00 bits per heavy atom. The van der Waals surface area contributed by atoms with Crippen molar-refractivity contribution in [3.05, 3.63) is 0 Å². The van der Waals surface area contributed by atoms with E-state index in [1.165, 1.54) is 0 Å². The summed E-state index contributed by atoms with van der Waals surface area (Å²) in [5.74, 6) is 0. The van der Waals surface area contributed by atoms with Crippen LogP contribution in [0.5, 0.6) is 0 Å². The van der Waals surface area contributed by atoms with Gasteiger partial charge in [-0.3, -0.25) is 5.32 Å². The molecule has 0 amide bonds. The molecule has 0 aromatic rings. The second-order valence-electron chi connectivity index (χ2n) is 3.03. The summed E-state index contributed by atoms with van der Waals surface area (Å²) < 4.78 is 0. The van der Waals surface area contributed by atoms with Crippen LogP contribution >= 0.6 is 0 Å². The zero-order valence-corrected chi connectivity index (χ0v) is 7.71. The number of aliphatic hydroxyl groups excluding tert-OH is 2. The molecular formula is C8H20N2O2. The lowest BCUT2D eigenvalue weighted by molar-refractivity contribution is 0.159. The molecule has 5 N–H and O–H groups in total. The van der Waals surface area contributed by atoms with Crippen LogP contribution in [0.1, 0.15) is 26.2 Å². The maximum atomic E-state index is 8.90. The van der Waals surface area contributed by atoms with E-state index in [2.05, 4.69) is 5.32 Å². The Morgan fingerprint density at radius 3 is 2.42 bits per heavy atom. The van der Waals surface area contributed by atoms with Gasteiger partial charge in [0.15, 0.2) is 0 Å². The predicted molar refractivity (Wildman–Crippen MR) is 48.6 cm³/mol. The van der Waals surface area contributed by atoms with E-state index in [4.69, 9.17) is 15.9 Å². The maximum absolute atomic E-state index is 8.90. The standard InChI is InChI=1S/C8H20N2O2/c1-2-8(9,7-12)10-5-3-4-6-11/h10-12H,2-7,9H2,1H3. The Hall–Kier alpha value is -0.160. The minimum absolute atomic E-state index is 0.0530. The Bertz CT molecular complexity index is 105. The predicted octanol–water partition coefficient (Wildman–Crippen LogP) is -0.594. The molecule has 0 bridgehead atoms. The molecule has 74 valence electrons. The highest BCUT2D eigenvalue weighted by molar-refractivity contribution is 4.78. The SMILES string of the molecule is CCC(N)(CO)NCCCCO. The number of nitrogens with one attached hydrogen (secondary N) is 1. The smallest absolute Gasteiger partial charge is 0.0896 e. The van der Waals surface area contributed by atoms with E-state index < -0.39 is 5.66 Å². The summed E-state index contributed by atoms with van der Waals surface area (Å²) >= 11 is 0. The molecule has 12 heavy (non-hydrogen) atoms. The van der Waals surface area contributed by atoms with Crippen molar-refractivity contribution in [1.29, 1.82) is 0 Å². The van der Waals surface area contributed by atoms with E-state index in [1.807, 2.05) is 6.92 Å². The minimum atomic E-state index is -0.643. The summed E-state index contributed by atoms with van der Waals surface area (Å²) in [4.78, 5) is 0. The number of hydrogen-bond donors (Lipinski definition) is 4. The van der Waals surface area contributed by atoms with Crippen molar-refractivity contribution >= 4 is 0 Å². The molecule has 1 atom stereocenters. The molecule has 0 heterocycles. The lowest BCUT2D eigenvalue weighted by Gasteiger charge is -2.27. The summed E-state index contributed by atoms with van der Waals surface area (Å²) in [5, 5.41) is 20.5. The Labute approximate surface area is 73.8 Å². The summed E-state index contributed by atoms with van der Waals surface area (Å²) in [6.07, 6.45) is 2.36. The third kappa shape index (κ3) is 4.66.